The van der Waals surface area contributed by atoms with Gasteiger partial charge in [-0.3, -0.25) is 0 Å². The van der Waals surface area contributed by atoms with E-state index in [1.807, 2.05) is 6.07 Å². The molecule has 0 aromatic heterocycles. The fourth-order valence-electron chi connectivity index (χ4n) is 1.03. The molecule has 4 heteroatoms. The maximum absolute atomic E-state index is 8.75. The van der Waals surface area contributed by atoms with Crippen molar-refractivity contribution >= 4 is 23.2 Å². The molecule has 0 bridgehead atoms. The molecule has 13 heavy (non-hydrogen) atoms. The first kappa shape index (κ1) is 10.8. The minimum atomic E-state index is -0.265. The first-order chi connectivity index (χ1) is 6.13. The molecule has 1 rings (SSSR count). The third kappa shape index (κ3) is 3.16. The van der Waals surface area contributed by atoms with Gasteiger partial charge in [0.1, 0.15) is 0 Å². The van der Waals surface area contributed by atoms with Crippen molar-refractivity contribution in [1.29, 1.82) is 0 Å². The highest BCUT2D eigenvalue weighted by Gasteiger charge is 2.06. The Morgan fingerprint density at radius 2 is 2.08 bits per heavy atom. The molecule has 0 saturated heterocycles. The van der Waals surface area contributed by atoms with Crippen molar-refractivity contribution in [2.24, 2.45) is 5.73 Å². The quantitative estimate of drug-likeness (QED) is 0.816. The highest BCUT2D eigenvalue weighted by molar-refractivity contribution is 6.35. The maximum Gasteiger partial charge on any atom is 0.0585 e. The highest BCUT2D eigenvalue weighted by atomic mass is 35.5. The molecule has 0 amide bonds. The van der Waals surface area contributed by atoms with Gasteiger partial charge in [0.15, 0.2) is 0 Å². The standard InChI is InChI=1S/C9H11Cl2NO/c10-7-2-1-6(9(11)4-7)3-8(12)5-13/h1-2,4,8,13H,3,5,12H2/t8-/m1/s1. The van der Waals surface area contributed by atoms with Gasteiger partial charge in [0.05, 0.1) is 6.61 Å². The van der Waals surface area contributed by atoms with Gasteiger partial charge in [-0.1, -0.05) is 29.3 Å². The van der Waals surface area contributed by atoms with Gasteiger partial charge in [-0.05, 0) is 24.1 Å². The summed E-state index contributed by atoms with van der Waals surface area (Å²) in [6, 6.07) is 4.98. The number of rotatable bonds is 3. The summed E-state index contributed by atoms with van der Waals surface area (Å²) in [5.74, 6) is 0. The summed E-state index contributed by atoms with van der Waals surface area (Å²) in [7, 11) is 0. The van der Waals surface area contributed by atoms with E-state index in [2.05, 4.69) is 0 Å². The molecular weight excluding hydrogens is 209 g/mol. The van der Waals surface area contributed by atoms with Gasteiger partial charge in [0.2, 0.25) is 0 Å². The predicted molar refractivity (Wildman–Crippen MR) is 55.2 cm³/mol. The zero-order valence-electron chi connectivity index (χ0n) is 7.00. The molecule has 0 aliphatic rings. The van der Waals surface area contributed by atoms with Crippen molar-refractivity contribution in [2.45, 2.75) is 12.5 Å². The Morgan fingerprint density at radius 3 is 2.62 bits per heavy atom. The largest absolute Gasteiger partial charge is 0.395 e. The average molecular weight is 220 g/mol. The van der Waals surface area contributed by atoms with Gasteiger partial charge in [-0.15, -0.1) is 0 Å². The summed E-state index contributed by atoms with van der Waals surface area (Å²) in [5, 5.41) is 9.94. The van der Waals surface area contributed by atoms with Crippen LogP contribution in [-0.4, -0.2) is 17.8 Å². The molecule has 0 heterocycles. The fourth-order valence-corrected chi connectivity index (χ4v) is 1.52. The van der Waals surface area contributed by atoms with Gasteiger partial charge in [0.25, 0.3) is 0 Å². The lowest BCUT2D eigenvalue weighted by atomic mass is 10.1. The van der Waals surface area contributed by atoms with Gasteiger partial charge in [0, 0.05) is 16.1 Å². The third-order valence-electron chi connectivity index (χ3n) is 1.73. The summed E-state index contributed by atoms with van der Waals surface area (Å²) in [4.78, 5) is 0. The number of benzene rings is 1. The van der Waals surface area contributed by atoms with Crippen LogP contribution in [0.25, 0.3) is 0 Å². The predicted octanol–water partition coefficient (Wildman–Crippen LogP) is 1.86. The molecule has 0 saturated carbocycles. The molecule has 1 aromatic rings. The number of aliphatic hydroxyl groups excluding tert-OH is 1. The monoisotopic (exact) mass is 219 g/mol. The number of nitrogens with two attached hydrogens (primary N) is 1. The van der Waals surface area contributed by atoms with E-state index in [9.17, 15) is 0 Å². The molecule has 1 atom stereocenters. The summed E-state index contributed by atoms with van der Waals surface area (Å²) in [6.45, 7) is -0.0427. The summed E-state index contributed by atoms with van der Waals surface area (Å²) in [5.41, 5.74) is 6.48. The van der Waals surface area contributed by atoms with E-state index in [-0.39, 0.29) is 12.6 Å². The smallest absolute Gasteiger partial charge is 0.0585 e. The number of hydrogen-bond donors (Lipinski definition) is 2. The Bertz CT molecular complexity index is 291. The molecule has 1 aromatic carbocycles. The van der Waals surface area contributed by atoms with Gasteiger partial charge < -0.3 is 10.8 Å². The molecule has 72 valence electrons. The maximum atomic E-state index is 8.75. The van der Waals surface area contributed by atoms with E-state index in [1.54, 1.807) is 12.1 Å². The highest BCUT2D eigenvalue weighted by Crippen LogP contribution is 2.21. The van der Waals surface area contributed by atoms with Crippen LogP contribution in [0.3, 0.4) is 0 Å². The third-order valence-corrected chi connectivity index (χ3v) is 2.32. The van der Waals surface area contributed by atoms with E-state index in [0.29, 0.717) is 16.5 Å². The topological polar surface area (TPSA) is 46.2 Å². The second kappa shape index (κ2) is 4.82. The van der Waals surface area contributed by atoms with Crippen LogP contribution >= 0.6 is 23.2 Å². The Hall–Kier alpha value is -0.280. The number of hydrogen-bond acceptors (Lipinski definition) is 2. The lowest BCUT2D eigenvalue weighted by Crippen LogP contribution is -2.26. The van der Waals surface area contributed by atoms with Crippen LogP contribution in [0.2, 0.25) is 10.0 Å². The molecular formula is C9H11Cl2NO. The van der Waals surface area contributed by atoms with Gasteiger partial charge in [-0.2, -0.15) is 0 Å². The van der Waals surface area contributed by atoms with E-state index in [0.717, 1.165) is 5.56 Å². The van der Waals surface area contributed by atoms with E-state index >= 15 is 0 Å². The average Bonchev–Trinajstić information content (AvgIpc) is 2.09. The van der Waals surface area contributed by atoms with Crippen LogP contribution in [-0.2, 0) is 6.42 Å². The van der Waals surface area contributed by atoms with E-state index < -0.39 is 0 Å². The molecule has 0 aliphatic heterocycles. The lowest BCUT2D eigenvalue weighted by Gasteiger charge is -2.09. The molecule has 0 fully saturated rings. The normalized spacial score (nSPS) is 12.9. The summed E-state index contributed by atoms with van der Waals surface area (Å²) < 4.78 is 0. The Kier molecular flexibility index (Phi) is 4.00. The zero-order chi connectivity index (χ0) is 9.84. The first-order valence-electron chi connectivity index (χ1n) is 3.94. The van der Waals surface area contributed by atoms with Crippen LogP contribution in [0.15, 0.2) is 18.2 Å². The van der Waals surface area contributed by atoms with Crippen LogP contribution in [0, 0.1) is 0 Å². The van der Waals surface area contributed by atoms with Crippen molar-refractivity contribution < 1.29 is 5.11 Å². The molecule has 0 spiro atoms. The van der Waals surface area contributed by atoms with Crippen LogP contribution in [0.1, 0.15) is 5.56 Å². The Labute approximate surface area is 87.3 Å². The molecule has 0 aliphatic carbocycles. The van der Waals surface area contributed by atoms with Crippen molar-refractivity contribution in [3.05, 3.63) is 33.8 Å². The van der Waals surface area contributed by atoms with Gasteiger partial charge >= 0.3 is 0 Å². The number of aliphatic hydroxyl groups is 1. The van der Waals surface area contributed by atoms with Crippen LogP contribution in [0.4, 0.5) is 0 Å². The van der Waals surface area contributed by atoms with Crippen LogP contribution < -0.4 is 5.73 Å². The lowest BCUT2D eigenvalue weighted by molar-refractivity contribution is 0.265. The zero-order valence-corrected chi connectivity index (χ0v) is 8.52. The second-order valence-corrected chi connectivity index (χ2v) is 3.73. The Balaban J connectivity index is 2.77. The first-order valence-corrected chi connectivity index (χ1v) is 4.69. The summed E-state index contributed by atoms with van der Waals surface area (Å²) in [6.07, 6.45) is 0.562. The molecule has 2 nitrogen and oxygen atoms in total. The van der Waals surface area contributed by atoms with Crippen molar-refractivity contribution in [1.82, 2.24) is 0 Å². The minimum absolute atomic E-state index is 0.0427. The van der Waals surface area contributed by atoms with Crippen LogP contribution in [0.5, 0.6) is 0 Å². The fraction of sp³-hybridized carbons (Fsp3) is 0.333. The van der Waals surface area contributed by atoms with Crippen molar-refractivity contribution in [2.75, 3.05) is 6.61 Å². The van der Waals surface area contributed by atoms with E-state index in [1.165, 1.54) is 0 Å². The molecule has 0 radical (unpaired) electrons. The Morgan fingerprint density at radius 1 is 1.38 bits per heavy atom. The van der Waals surface area contributed by atoms with Crippen molar-refractivity contribution in [3.63, 3.8) is 0 Å². The molecule has 3 N–H and O–H groups in total. The summed E-state index contributed by atoms with van der Waals surface area (Å²) >= 11 is 11.6. The van der Waals surface area contributed by atoms with Crippen molar-refractivity contribution in [3.8, 4) is 0 Å². The SMILES string of the molecule is N[C@@H](CO)Cc1ccc(Cl)cc1Cl. The minimum Gasteiger partial charge on any atom is -0.395 e. The van der Waals surface area contributed by atoms with E-state index in [4.69, 9.17) is 34.0 Å². The number of halogens is 2. The second-order valence-electron chi connectivity index (χ2n) is 2.88. The molecule has 0 unspecified atom stereocenters. The van der Waals surface area contributed by atoms with Gasteiger partial charge in [-0.25, -0.2) is 0 Å².